The molecular weight excluding hydrogens is 392 g/mol. The quantitative estimate of drug-likeness (QED) is 0.487. The molecule has 28 heavy (non-hydrogen) atoms. The number of thiazole rings is 1. The van der Waals surface area contributed by atoms with Gasteiger partial charge in [0.25, 0.3) is 5.56 Å². The number of aromatic nitrogens is 3. The van der Waals surface area contributed by atoms with Gasteiger partial charge in [-0.15, -0.1) is 11.3 Å². The maximum absolute atomic E-state index is 12.9. The highest BCUT2D eigenvalue weighted by atomic mass is 35.5. The van der Waals surface area contributed by atoms with Crippen LogP contribution < -0.4 is 10.5 Å². The molecule has 5 rings (SSSR count). The van der Waals surface area contributed by atoms with Crippen molar-refractivity contribution in [3.63, 3.8) is 0 Å². The fraction of sp³-hybridized carbons (Fsp3) is 0.190. The molecule has 2 aromatic heterocycles. The van der Waals surface area contributed by atoms with Crippen LogP contribution in [0.5, 0.6) is 0 Å². The van der Waals surface area contributed by atoms with Crippen LogP contribution in [0.1, 0.15) is 23.9 Å². The summed E-state index contributed by atoms with van der Waals surface area (Å²) < 4.78 is 2.52. The van der Waals surface area contributed by atoms with Crippen LogP contribution in [0.3, 0.4) is 0 Å². The molecular formula is C21H17ClN4OS. The molecule has 4 aromatic rings. The minimum atomic E-state index is -0.305. The number of hydrogen-bond acceptors (Lipinski definition) is 5. The third-order valence-corrected chi connectivity index (χ3v) is 6.55. The van der Waals surface area contributed by atoms with E-state index in [-0.39, 0.29) is 16.6 Å². The molecule has 3 heterocycles. The lowest BCUT2D eigenvalue weighted by molar-refractivity contribution is 0.706. The summed E-state index contributed by atoms with van der Waals surface area (Å²) in [6.07, 6.45) is 3.71. The maximum Gasteiger partial charge on any atom is 0.292 e. The van der Waals surface area contributed by atoms with Gasteiger partial charge in [0, 0.05) is 6.54 Å². The van der Waals surface area contributed by atoms with Gasteiger partial charge in [0.05, 0.1) is 33.8 Å². The van der Waals surface area contributed by atoms with Crippen LogP contribution in [0.15, 0.2) is 65.6 Å². The Kier molecular flexibility index (Phi) is 4.37. The van der Waals surface area contributed by atoms with Crippen molar-refractivity contribution in [3.8, 4) is 5.69 Å². The van der Waals surface area contributed by atoms with E-state index in [0.717, 1.165) is 29.9 Å². The van der Waals surface area contributed by atoms with Gasteiger partial charge in [0.2, 0.25) is 0 Å². The Balaban J connectivity index is 1.54. The van der Waals surface area contributed by atoms with E-state index >= 15 is 0 Å². The molecule has 0 unspecified atom stereocenters. The molecule has 0 saturated carbocycles. The summed E-state index contributed by atoms with van der Waals surface area (Å²) >= 11 is 8.23. The highest BCUT2D eigenvalue weighted by Crippen LogP contribution is 2.40. The highest BCUT2D eigenvalue weighted by Gasteiger charge is 2.31. The monoisotopic (exact) mass is 408 g/mol. The molecule has 0 N–H and O–H groups in total. The van der Waals surface area contributed by atoms with E-state index in [2.05, 4.69) is 16.1 Å². The van der Waals surface area contributed by atoms with E-state index in [1.54, 1.807) is 17.5 Å². The van der Waals surface area contributed by atoms with E-state index in [1.807, 2.05) is 48.5 Å². The zero-order valence-corrected chi connectivity index (χ0v) is 16.5. The lowest BCUT2D eigenvalue weighted by atomic mass is 10.2. The van der Waals surface area contributed by atoms with Crippen molar-refractivity contribution in [2.45, 2.75) is 18.9 Å². The molecule has 1 aliphatic heterocycles. The molecule has 0 bridgehead atoms. The number of benzene rings is 2. The fourth-order valence-electron chi connectivity index (χ4n) is 3.72. The Hall–Kier alpha value is -2.70. The maximum atomic E-state index is 12.9. The molecule has 5 nitrogen and oxygen atoms in total. The first-order chi connectivity index (χ1) is 13.7. The number of anilines is 1. The first-order valence-electron chi connectivity index (χ1n) is 9.18. The smallest absolute Gasteiger partial charge is 0.292 e. The number of rotatable bonds is 3. The predicted molar refractivity (Wildman–Crippen MR) is 114 cm³/mol. The van der Waals surface area contributed by atoms with Crippen LogP contribution in [0.4, 0.5) is 5.69 Å². The highest BCUT2D eigenvalue weighted by molar-refractivity contribution is 7.18. The van der Waals surface area contributed by atoms with E-state index in [1.165, 1.54) is 9.38 Å². The second kappa shape index (κ2) is 7.04. The number of para-hydroxylation sites is 2. The molecule has 2 aromatic carbocycles. The molecule has 0 amide bonds. The Bertz CT molecular complexity index is 1170. The van der Waals surface area contributed by atoms with Crippen molar-refractivity contribution in [1.82, 2.24) is 14.8 Å². The molecule has 1 atom stereocenters. The van der Waals surface area contributed by atoms with Crippen LogP contribution in [0.2, 0.25) is 5.02 Å². The summed E-state index contributed by atoms with van der Waals surface area (Å²) in [5, 5.41) is 5.64. The SMILES string of the molecule is O=c1c(Cl)c(N2CCC[C@@H]2c2nc3ccccc3s2)cnn1-c1ccccc1. The Morgan fingerprint density at radius 2 is 1.86 bits per heavy atom. The van der Waals surface area contributed by atoms with Gasteiger partial charge in [-0.1, -0.05) is 41.9 Å². The van der Waals surface area contributed by atoms with E-state index in [4.69, 9.17) is 16.6 Å². The van der Waals surface area contributed by atoms with Crippen molar-refractivity contribution in [3.05, 3.63) is 81.2 Å². The van der Waals surface area contributed by atoms with Crippen LogP contribution in [-0.2, 0) is 0 Å². The summed E-state index contributed by atoms with van der Waals surface area (Å²) in [5.74, 6) is 0. The first-order valence-corrected chi connectivity index (χ1v) is 10.4. The molecule has 0 radical (unpaired) electrons. The van der Waals surface area contributed by atoms with Crippen molar-refractivity contribution in [1.29, 1.82) is 0 Å². The third kappa shape index (κ3) is 2.89. The minimum absolute atomic E-state index is 0.115. The third-order valence-electron chi connectivity index (χ3n) is 5.06. The summed E-state index contributed by atoms with van der Waals surface area (Å²) in [7, 11) is 0. The minimum Gasteiger partial charge on any atom is -0.359 e. The number of hydrogen-bond donors (Lipinski definition) is 0. The molecule has 0 aliphatic carbocycles. The number of halogens is 1. The lowest BCUT2D eigenvalue weighted by Crippen LogP contribution is -2.28. The average Bonchev–Trinajstić information content (AvgIpc) is 3.37. The summed E-state index contributed by atoms with van der Waals surface area (Å²) in [4.78, 5) is 19.8. The molecule has 1 fully saturated rings. The average molecular weight is 409 g/mol. The van der Waals surface area contributed by atoms with Crippen molar-refractivity contribution < 1.29 is 0 Å². The molecule has 140 valence electrons. The standard InChI is InChI=1S/C21H17ClN4OS/c22-19-17(13-23-26(21(19)27)14-7-2-1-3-8-14)25-12-6-10-16(25)20-24-15-9-4-5-11-18(15)28-20/h1-5,7-9,11,13,16H,6,10,12H2/t16-/m1/s1. The molecule has 0 spiro atoms. The Morgan fingerprint density at radius 1 is 1.07 bits per heavy atom. The topological polar surface area (TPSA) is 51.0 Å². The van der Waals surface area contributed by atoms with E-state index < -0.39 is 0 Å². The van der Waals surface area contributed by atoms with Gasteiger partial charge < -0.3 is 4.90 Å². The first kappa shape index (κ1) is 17.4. The summed E-state index contributed by atoms with van der Waals surface area (Å²) in [5.41, 5.74) is 2.09. The van der Waals surface area contributed by atoms with Crippen molar-refractivity contribution >= 4 is 38.8 Å². The Morgan fingerprint density at radius 3 is 2.68 bits per heavy atom. The lowest BCUT2D eigenvalue weighted by Gasteiger charge is -2.25. The number of fused-ring (bicyclic) bond motifs is 1. The van der Waals surface area contributed by atoms with Crippen molar-refractivity contribution in [2.75, 3.05) is 11.4 Å². The van der Waals surface area contributed by atoms with Gasteiger partial charge in [0.15, 0.2) is 0 Å². The van der Waals surface area contributed by atoms with Crippen LogP contribution in [0, 0.1) is 0 Å². The van der Waals surface area contributed by atoms with Crippen LogP contribution in [-0.4, -0.2) is 21.3 Å². The second-order valence-electron chi connectivity index (χ2n) is 6.77. The van der Waals surface area contributed by atoms with Crippen molar-refractivity contribution in [2.24, 2.45) is 0 Å². The molecule has 1 saturated heterocycles. The molecule has 1 aliphatic rings. The van der Waals surface area contributed by atoms with Gasteiger partial charge in [-0.05, 0) is 37.1 Å². The van der Waals surface area contributed by atoms with Gasteiger partial charge in [-0.2, -0.15) is 9.78 Å². The van der Waals surface area contributed by atoms with E-state index in [0.29, 0.717) is 11.4 Å². The van der Waals surface area contributed by atoms with Gasteiger partial charge in [-0.3, -0.25) is 4.79 Å². The van der Waals surface area contributed by atoms with Crippen LogP contribution in [0.25, 0.3) is 15.9 Å². The zero-order chi connectivity index (χ0) is 19.1. The second-order valence-corrected chi connectivity index (χ2v) is 8.21. The molecule has 7 heteroatoms. The predicted octanol–water partition coefficient (Wildman–Crippen LogP) is 4.84. The fourth-order valence-corrected chi connectivity index (χ4v) is 5.07. The van der Waals surface area contributed by atoms with Gasteiger partial charge in [-0.25, -0.2) is 4.98 Å². The summed E-state index contributed by atoms with van der Waals surface area (Å²) in [6.45, 7) is 0.830. The Labute approximate surface area is 170 Å². The van der Waals surface area contributed by atoms with Gasteiger partial charge in [0.1, 0.15) is 10.0 Å². The number of nitrogens with zero attached hydrogens (tertiary/aromatic N) is 4. The van der Waals surface area contributed by atoms with E-state index in [9.17, 15) is 4.79 Å². The summed E-state index contributed by atoms with van der Waals surface area (Å²) in [6, 6.07) is 17.6. The normalized spacial score (nSPS) is 16.8. The van der Waals surface area contributed by atoms with Crippen LogP contribution >= 0.6 is 22.9 Å². The largest absolute Gasteiger partial charge is 0.359 e. The van der Waals surface area contributed by atoms with Gasteiger partial charge >= 0.3 is 0 Å². The zero-order valence-electron chi connectivity index (χ0n) is 15.0.